The Morgan fingerprint density at radius 2 is 1.86 bits per heavy atom. The Morgan fingerprint density at radius 1 is 1.11 bits per heavy atom. The van der Waals surface area contributed by atoms with Crippen LogP contribution in [0.15, 0.2) is 48.7 Å². The summed E-state index contributed by atoms with van der Waals surface area (Å²) in [5, 5.41) is 27.3. The van der Waals surface area contributed by atoms with E-state index in [2.05, 4.69) is 22.1 Å². The van der Waals surface area contributed by atoms with E-state index >= 15 is 0 Å². The van der Waals surface area contributed by atoms with Crippen LogP contribution in [0.5, 0.6) is 11.5 Å². The maximum absolute atomic E-state index is 12.3. The van der Waals surface area contributed by atoms with Crippen molar-refractivity contribution < 1.29 is 15.0 Å². The third-order valence-electron chi connectivity index (χ3n) is 4.70. The number of aromatic nitrogens is 3. The molecule has 0 spiro atoms. The molecule has 28 heavy (non-hydrogen) atoms. The van der Waals surface area contributed by atoms with Crippen LogP contribution in [-0.2, 0) is 0 Å². The summed E-state index contributed by atoms with van der Waals surface area (Å²) in [5.41, 5.74) is 2.68. The van der Waals surface area contributed by atoms with Crippen molar-refractivity contribution in [2.45, 2.75) is 19.8 Å². The quantitative estimate of drug-likeness (QED) is 0.460. The van der Waals surface area contributed by atoms with Crippen molar-refractivity contribution in [3.8, 4) is 28.4 Å². The smallest absolute Gasteiger partial charge is 0.162 e. The van der Waals surface area contributed by atoms with Gasteiger partial charge in [0.15, 0.2) is 17.3 Å². The molecule has 3 rings (SSSR count). The number of carbonyl (C=O) groups excluding carboxylic acids is 1. The number of phenolic OH excluding ortho intramolecular Hbond substituents is 2. The van der Waals surface area contributed by atoms with Crippen molar-refractivity contribution >= 4 is 5.78 Å². The highest BCUT2D eigenvalue weighted by atomic mass is 16.3. The molecule has 0 amide bonds. The maximum atomic E-state index is 12.3. The number of ketones is 1. The molecule has 0 aliphatic heterocycles. The second-order valence-corrected chi connectivity index (χ2v) is 6.72. The molecular formula is C21H24N4O3. The zero-order chi connectivity index (χ0) is 20.1. The van der Waals surface area contributed by atoms with E-state index in [4.69, 9.17) is 0 Å². The molecule has 0 aliphatic carbocycles. The van der Waals surface area contributed by atoms with E-state index in [9.17, 15) is 15.0 Å². The van der Waals surface area contributed by atoms with Gasteiger partial charge >= 0.3 is 0 Å². The Kier molecular flexibility index (Phi) is 6.06. The van der Waals surface area contributed by atoms with Gasteiger partial charge in [-0.05, 0) is 69.0 Å². The van der Waals surface area contributed by atoms with Gasteiger partial charge in [-0.1, -0.05) is 12.1 Å². The van der Waals surface area contributed by atoms with Crippen molar-refractivity contribution in [3.05, 3.63) is 54.2 Å². The van der Waals surface area contributed by atoms with Gasteiger partial charge in [0.25, 0.3) is 0 Å². The van der Waals surface area contributed by atoms with Gasteiger partial charge in [0.05, 0.1) is 11.9 Å². The first-order valence-corrected chi connectivity index (χ1v) is 9.25. The van der Waals surface area contributed by atoms with Crippen LogP contribution in [0, 0.1) is 0 Å². The van der Waals surface area contributed by atoms with Crippen molar-refractivity contribution in [1.29, 1.82) is 0 Å². The summed E-state index contributed by atoms with van der Waals surface area (Å²) in [6, 6.07) is 11.8. The Hall–Kier alpha value is -3.19. The van der Waals surface area contributed by atoms with E-state index in [-0.39, 0.29) is 17.3 Å². The van der Waals surface area contributed by atoms with Gasteiger partial charge in [-0.2, -0.15) is 0 Å². The fourth-order valence-electron chi connectivity index (χ4n) is 2.82. The molecule has 0 fully saturated rings. The SMILES string of the molecule is CCN(C)CCCC(=O)c1ccc(-n2cc(-c3ccc(O)c(O)c3)nn2)cc1. The predicted molar refractivity (Wildman–Crippen MR) is 107 cm³/mol. The second-order valence-electron chi connectivity index (χ2n) is 6.72. The standard InChI is InChI=1S/C21H24N4O3/c1-3-24(2)12-4-5-19(26)15-6-9-17(10-7-15)25-14-18(22-23-25)16-8-11-20(27)21(28)13-16/h6-11,13-14,27-28H,3-5,12H2,1-2H3. The van der Waals surface area contributed by atoms with E-state index in [1.54, 1.807) is 29.1 Å². The molecule has 2 aromatic carbocycles. The summed E-state index contributed by atoms with van der Waals surface area (Å²) >= 11 is 0. The van der Waals surface area contributed by atoms with E-state index < -0.39 is 0 Å². The number of Topliss-reactive ketones (excluding diaryl/α,β-unsaturated/α-hetero) is 1. The van der Waals surface area contributed by atoms with Crippen LogP contribution >= 0.6 is 0 Å². The number of hydrogen-bond acceptors (Lipinski definition) is 6. The zero-order valence-corrected chi connectivity index (χ0v) is 16.0. The number of rotatable bonds is 8. The van der Waals surface area contributed by atoms with Crippen molar-refractivity contribution in [1.82, 2.24) is 19.9 Å². The first kappa shape index (κ1) is 19.6. The molecule has 2 N–H and O–H groups in total. The predicted octanol–water partition coefficient (Wildman–Crippen LogP) is 3.26. The Bertz CT molecular complexity index is 951. The first-order chi connectivity index (χ1) is 13.5. The summed E-state index contributed by atoms with van der Waals surface area (Å²) in [6.45, 7) is 3.99. The van der Waals surface area contributed by atoms with Crippen molar-refractivity contribution in [3.63, 3.8) is 0 Å². The lowest BCUT2D eigenvalue weighted by Crippen LogP contribution is -2.19. The van der Waals surface area contributed by atoms with Crippen LogP contribution in [0.3, 0.4) is 0 Å². The summed E-state index contributed by atoms with van der Waals surface area (Å²) in [5.74, 6) is -0.257. The maximum Gasteiger partial charge on any atom is 0.162 e. The molecule has 0 radical (unpaired) electrons. The number of nitrogens with zero attached hydrogens (tertiary/aromatic N) is 4. The number of aromatic hydroxyl groups is 2. The fraction of sp³-hybridized carbons (Fsp3) is 0.286. The molecule has 7 nitrogen and oxygen atoms in total. The molecule has 1 heterocycles. The molecule has 1 aromatic heterocycles. The molecule has 0 atom stereocenters. The first-order valence-electron chi connectivity index (χ1n) is 9.25. The topological polar surface area (TPSA) is 91.5 Å². The van der Waals surface area contributed by atoms with Gasteiger partial charge < -0.3 is 15.1 Å². The lowest BCUT2D eigenvalue weighted by molar-refractivity contribution is 0.0976. The Balaban J connectivity index is 1.67. The van der Waals surface area contributed by atoms with Crippen LogP contribution in [0.4, 0.5) is 0 Å². The summed E-state index contributed by atoms with van der Waals surface area (Å²) in [4.78, 5) is 14.5. The molecule has 0 saturated heterocycles. The van der Waals surface area contributed by atoms with Gasteiger partial charge in [-0.15, -0.1) is 5.10 Å². The molecule has 0 saturated carbocycles. The Labute approximate surface area is 163 Å². The Morgan fingerprint density at radius 3 is 2.54 bits per heavy atom. The van der Waals surface area contributed by atoms with Gasteiger partial charge in [-0.3, -0.25) is 4.79 Å². The van der Waals surface area contributed by atoms with Crippen LogP contribution in [-0.4, -0.2) is 56.0 Å². The van der Waals surface area contributed by atoms with Gasteiger partial charge in [0.1, 0.15) is 5.69 Å². The molecule has 0 unspecified atom stereocenters. The number of hydrogen-bond donors (Lipinski definition) is 2. The second kappa shape index (κ2) is 8.67. The molecule has 146 valence electrons. The average Bonchev–Trinajstić information content (AvgIpc) is 3.20. The van der Waals surface area contributed by atoms with Crippen LogP contribution in [0.2, 0.25) is 0 Å². The lowest BCUT2D eigenvalue weighted by Gasteiger charge is -2.12. The van der Waals surface area contributed by atoms with Crippen LogP contribution < -0.4 is 0 Å². The van der Waals surface area contributed by atoms with Gasteiger partial charge in [0, 0.05) is 17.5 Å². The zero-order valence-electron chi connectivity index (χ0n) is 16.0. The molecule has 7 heteroatoms. The summed E-state index contributed by atoms with van der Waals surface area (Å²) in [7, 11) is 2.05. The van der Waals surface area contributed by atoms with Crippen molar-refractivity contribution in [2.24, 2.45) is 0 Å². The van der Waals surface area contributed by atoms with E-state index in [0.29, 0.717) is 23.2 Å². The van der Waals surface area contributed by atoms with Crippen molar-refractivity contribution in [2.75, 3.05) is 20.1 Å². The minimum Gasteiger partial charge on any atom is -0.504 e. The van der Waals surface area contributed by atoms with E-state index in [1.165, 1.54) is 12.1 Å². The van der Waals surface area contributed by atoms with Crippen LogP contribution in [0.25, 0.3) is 16.9 Å². The number of benzene rings is 2. The molecular weight excluding hydrogens is 356 g/mol. The van der Waals surface area contributed by atoms with E-state index in [1.807, 2.05) is 19.2 Å². The largest absolute Gasteiger partial charge is 0.504 e. The summed E-state index contributed by atoms with van der Waals surface area (Å²) in [6.07, 6.45) is 3.10. The highest BCUT2D eigenvalue weighted by Crippen LogP contribution is 2.29. The molecule has 0 bridgehead atoms. The molecule has 0 aliphatic rings. The fourth-order valence-corrected chi connectivity index (χ4v) is 2.82. The minimum absolute atomic E-state index is 0.134. The highest BCUT2D eigenvalue weighted by Gasteiger charge is 2.10. The number of phenols is 2. The average molecular weight is 380 g/mol. The van der Waals surface area contributed by atoms with Gasteiger partial charge in [0.2, 0.25) is 0 Å². The molecule has 3 aromatic rings. The lowest BCUT2D eigenvalue weighted by atomic mass is 10.1. The number of carbonyl (C=O) groups is 1. The van der Waals surface area contributed by atoms with E-state index in [0.717, 1.165) is 25.2 Å². The third kappa shape index (κ3) is 4.55. The minimum atomic E-state index is -0.208. The monoisotopic (exact) mass is 380 g/mol. The van der Waals surface area contributed by atoms with Crippen LogP contribution in [0.1, 0.15) is 30.1 Å². The normalized spacial score (nSPS) is 11.1. The summed E-state index contributed by atoms with van der Waals surface area (Å²) < 4.78 is 1.60. The third-order valence-corrected chi connectivity index (χ3v) is 4.70. The van der Waals surface area contributed by atoms with Gasteiger partial charge in [-0.25, -0.2) is 4.68 Å². The highest BCUT2D eigenvalue weighted by molar-refractivity contribution is 5.96.